The second-order valence-electron chi connectivity index (χ2n) is 9.13. The lowest BCUT2D eigenvalue weighted by molar-refractivity contribution is -0.605. The molecule has 6 rings (SSSR count). The lowest BCUT2D eigenvalue weighted by atomic mass is 10.1. The summed E-state index contributed by atoms with van der Waals surface area (Å²) in [6.07, 6.45) is 1.15. The first-order valence-electron chi connectivity index (χ1n) is 11.5. The highest BCUT2D eigenvalue weighted by Crippen LogP contribution is 2.35. The first-order valence-corrected chi connectivity index (χ1v) is 13.3. The van der Waals surface area contributed by atoms with Crippen LogP contribution in [-0.2, 0) is 10.0 Å². The Labute approximate surface area is 220 Å². The van der Waals surface area contributed by atoms with Gasteiger partial charge in [0.05, 0.1) is 18.3 Å². The number of carbonyl (C=O) groups excluding carboxylic acids is 1. The van der Waals surface area contributed by atoms with Gasteiger partial charge in [0.2, 0.25) is 5.82 Å². The Morgan fingerprint density at radius 1 is 1.08 bits per heavy atom. The van der Waals surface area contributed by atoms with Gasteiger partial charge in [0.25, 0.3) is 15.9 Å². The number of hydrogen-bond acceptors (Lipinski definition) is 9. The zero-order chi connectivity index (χ0) is 26.8. The Hall–Kier alpha value is -3.69. The Bertz CT molecular complexity index is 1630. The summed E-state index contributed by atoms with van der Waals surface area (Å²) in [7, 11) is -4.06. The summed E-state index contributed by atoms with van der Waals surface area (Å²) in [6.45, 7) is -0.493. The van der Waals surface area contributed by atoms with Crippen LogP contribution >= 0.6 is 11.6 Å². The number of aliphatic hydroxyl groups is 2. The van der Waals surface area contributed by atoms with Crippen molar-refractivity contribution >= 4 is 38.4 Å². The summed E-state index contributed by atoms with van der Waals surface area (Å²) in [5, 5.41) is 41.5. The van der Waals surface area contributed by atoms with Gasteiger partial charge in [-0.15, -0.1) is 10.2 Å². The molecule has 0 saturated carbocycles. The van der Waals surface area contributed by atoms with E-state index in [-0.39, 0.29) is 23.9 Å². The van der Waals surface area contributed by atoms with E-state index in [1.54, 1.807) is 18.2 Å². The van der Waals surface area contributed by atoms with Crippen molar-refractivity contribution in [2.75, 3.05) is 13.1 Å². The number of nitrogens with zero attached hydrogens (tertiary/aromatic N) is 6. The van der Waals surface area contributed by atoms with Gasteiger partial charge in [0.15, 0.2) is 12.4 Å². The van der Waals surface area contributed by atoms with Crippen molar-refractivity contribution in [3.05, 3.63) is 71.0 Å². The van der Waals surface area contributed by atoms with Crippen molar-refractivity contribution in [2.24, 2.45) is 0 Å². The second kappa shape index (κ2) is 8.96. The van der Waals surface area contributed by atoms with Crippen LogP contribution in [0.4, 0.5) is 0 Å². The summed E-state index contributed by atoms with van der Waals surface area (Å²) < 4.78 is 28.7. The number of carbonyl (C=O) groups is 1. The van der Waals surface area contributed by atoms with Crippen LogP contribution in [0.25, 0.3) is 22.2 Å². The van der Waals surface area contributed by atoms with Gasteiger partial charge in [-0.25, -0.2) is 13.4 Å². The van der Waals surface area contributed by atoms with Gasteiger partial charge in [-0.2, -0.15) is 9.04 Å². The number of piperazine rings is 1. The number of halogens is 1. The molecule has 2 fully saturated rings. The number of benzene rings is 1. The van der Waals surface area contributed by atoms with Gasteiger partial charge in [-0.05, 0) is 24.3 Å². The van der Waals surface area contributed by atoms with E-state index >= 15 is 0 Å². The molecule has 13 nitrogen and oxygen atoms in total. The molecule has 3 N–H and O–H groups in total. The maximum atomic E-state index is 13.5. The van der Waals surface area contributed by atoms with Crippen molar-refractivity contribution in [3.63, 3.8) is 0 Å². The van der Waals surface area contributed by atoms with Gasteiger partial charge in [-0.3, -0.25) is 4.79 Å². The number of H-pyrrole nitrogens is 1. The van der Waals surface area contributed by atoms with E-state index in [0.717, 1.165) is 4.31 Å². The number of sulfonamides is 1. The molecule has 4 unspecified atom stereocenters. The molecule has 3 aromatic heterocycles. The van der Waals surface area contributed by atoms with Crippen LogP contribution in [0.15, 0.2) is 60.0 Å². The molecule has 2 saturated heterocycles. The number of aromatic amines is 1. The van der Waals surface area contributed by atoms with Crippen molar-refractivity contribution in [3.8, 4) is 11.3 Å². The second-order valence-corrected chi connectivity index (χ2v) is 11.5. The maximum Gasteiger partial charge on any atom is 0.294 e. The standard InChI is InChI=1S/C23H20ClN7O6S/c24-14-1-2-15-13(7-14)8-19(26-15)38(36,37)30-10-17-20(32)21(33)18(11-30)31(17)23(34)22-25-9-16(27-28-22)12-3-5-29(35)6-4-12/h1-9,17-18,20-21,26,32-33H,10-11H2. The molecule has 2 bridgehead atoms. The van der Waals surface area contributed by atoms with Gasteiger partial charge in [-0.1, -0.05) is 11.6 Å². The summed E-state index contributed by atoms with van der Waals surface area (Å²) in [5.41, 5.74) is 1.49. The third-order valence-corrected chi connectivity index (χ3v) is 8.88. The average Bonchev–Trinajstić information content (AvgIpc) is 3.41. The maximum absolute atomic E-state index is 13.5. The summed E-state index contributed by atoms with van der Waals surface area (Å²) in [6, 6.07) is 7.39. The molecule has 15 heteroatoms. The van der Waals surface area contributed by atoms with E-state index in [2.05, 4.69) is 20.2 Å². The summed E-state index contributed by atoms with van der Waals surface area (Å²) in [5.74, 6) is -0.971. The number of rotatable bonds is 4. The predicted octanol–water partition coefficient (Wildman–Crippen LogP) is -0.0740. The number of aromatic nitrogens is 5. The van der Waals surface area contributed by atoms with E-state index in [4.69, 9.17) is 11.6 Å². The molecule has 1 amide bonds. The zero-order valence-electron chi connectivity index (χ0n) is 19.4. The SMILES string of the molecule is O=C(c1ncc(-c2cc[n+]([O-])cc2)nn1)N1C2CN(S(=O)(=O)c3cc4cc(Cl)ccc4[nH]3)CC1C(O)C2O. The molecular weight excluding hydrogens is 538 g/mol. The van der Waals surface area contributed by atoms with Crippen molar-refractivity contribution < 1.29 is 28.2 Å². The number of pyridine rings is 1. The Morgan fingerprint density at radius 2 is 1.76 bits per heavy atom. The topological polar surface area (TPSA) is 180 Å². The molecule has 38 heavy (non-hydrogen) atoms. The molecule has 196 valence electrons. The molecule has 4 aromatic rings. The zero-order valence-corrected chi connectivity index (χ0v) is 21.0. The lowest BCUT2D eigenvalue weighted by Crippen LogP contribution is -2.59. The van der Waals surface area contributed by atoms with Gasteiger partial charge in [0, 0.05) is 46.7 Å². The largest absolute Gasteiger partial charge is 0.619 e. The third-order valence-electron chi connectivity index (χ3n) is 6.90. The summed E-state index contributed by atoms with van der Waals surface area (Å²) in [4.78, 5) is 21.5. The fourth-order valence-electron chi connectivity index (χ4n) is 4.97. The normalized spacial score (nSPS) is 23.7. The quantitative estimate of drug-likeness (QED) is 0.228. The van der Waals surface area contributed by atoms with Crippen LogP contribution in [-0.4, -0.2) is 91.3 Å². The van der Waals surface area contributed by atoms with Gasteiger partial charge >= 0.3 is 0 Å². The molecule has 2 aliphatic heterocycles. The Kier molecular flexibility index (Phi) is 5.81. The number of hydrogen-bond donors (Lipinski definition) is 3. The van der Waals surface area contributed by atoms with E-state index in [1.165, 1.54) is 41.7 Å². The van der Waals surface area contributed by atoms with E-state index < -0.39 is 40.2 Å². The first-order chi connectivity index (χ1) is 18.1. The van der Waals surface area contributed by atoms with Crippen LogP contribution in [0, 0.1) is 5.21 Å². The monoisotopic (exact) mass is 557 g/mol. The molecular formula is C23H20ClN7O6S. The minimum atomic E-state index is -4.06. The van der Waals surface area contributed by atoms with Crippen LogP contribution in [0.1, 0.15) is 10.6 Å². The average molecular weight is 558 g/mol. The van der Waals surface area contributed by atoms with Gasteiger partial charge < -0.3 is 25.3 Å². The molecule has 0 radical (unpaired) electrons. The van der Waals surface area contributed by atoms with Crippen molar-refractivity contribution in [2.45, 2.75) is 29.3 Å². The molecule has 5 heterocycles. The predicted molar refractivity (Wildman–Crippen MR) is 132 cm³/mol. The van der Waals surface area contributed by atoms with Crippen molar-refractivity contribution in [1.29, 1.82) is 0 Å². The number of fused-ring (bicyclic) bond motifs is 3. The van der Waals surface area contributed by atoms with E-state index in [9.17, 15) is 28.6 Å². The minimum absolute atomic E-state index is 0.0653. The minimum Gasteiger partial charge on any atom is -0.619 e. The van der Waals surface area contributed by atoms with Crippen LogP contribution in [0.5, 0.6) is 0 Å². The highest BCUT2D eigenvalue weighted by molar-refractivity contribution is 7.89. The van der Waals surface area contributed by atoms with Crippen LogP contribution in [0.3, 0.4) is 0 Å². The first kappa shape index (κ1) is 24.6. The summed E-state index contributed by atoms with van der Waals surface area (Å²) >= 11 is 6.02. The molecule has 1 aromatic carbocycles. The van der Waals surface area contributed by atoms with Crippen molar-refractivity contribution in [1.82, 2.24) is 29.4 Å². The number of amides is 1. The number of nitrogens with one attached hydrogen (secondary N) is 1. The molecule has 2 aliphatic rings. The van der Waals surface area contributed by atoms with Crippen LogP contribution < -0.4 is 4.73 Å². The molecule has 4 atom stereocenters. The molecule has 0 spiro atoms. The van der Waals surface area contributed by atoms with Gasteiger partial charge in [0.1, 0.15) is 22.9 Å². The smallest absolute Gasteiger partial charge is 0.294 e. The lowest BCUT2D eigenvalue weighted by Gasteiger charge is -2.39. The molecule has 0 aliphatic carbocycles. The Balaban J connectivity index is 1.26. The highest BCUT2D eigenvalue weighted by Gasteiger charge is 2.56. The van der Waals surface area contributed by atoms with E-state index in [0.29, 0.717) is 31.9 Å². The van der Waals surface area contributed by atoms with Crippen LogP contribution in [0.2, 0.25) is 5.02 Å². The third kappa shape index (κ3) is 3.97. The Morgan fingerprint density at radius 3 is 2.39 bits per heavy atom. The van der Waals surface area contributed by atoms with E-state index in [1.807, 2.05) is 0 Å². The highest BCUT2D eigenvalue weighted by atomic mass is 35.5. The number of aliphatic hydroxyl groups excluding tert-OH is 2. The fourth-order valence-corrected chi connectivity index (χ4v) is 6.64. The fraction of sp³-hybridized carbons (Fsp3) is 0.261.